The Bertz CT molecular complexity index is 701. The van der Waals surface area contributed by atoms with Gasteiger partial charge in [-0.25, -0.2) is 4.39 Å². The summed E-state index contributed by atoms with van der Waals surface area (Å²) in [5.74, 6) is -0.685. The Balaban J connectivity index is 1.52. The maximum atomic E-state index is 12.9. The molecule has 1 atom stereocenters. The molecule has 0 aliphatic carbocycles. The van der Waals surface area contributed by atoms with Crippen LogP contribution in [0.2, 0.25) is 0 Å². The van der Waals surface area contributed by atoms with Crippen LogP contribution in [0.15, 0.2) is 24.3 Å². The molecule has 1 aliphatic heterocycles. The molecule has 25 heavy (non-hydrogen) atoms. The number of carbonyl (C=O) groups excluding carboxylic acids is 1. The Morgan fingerprint density at radius 2 is 2.16 bits per heavy atom. The summed E-state index contributed by atoms with van der Waals surface area (Å²) in [6.07, 6.45) is 3.72. The number of amides is 1. The van der Waals surface area contributed by atoms with Gasteiger partial charge in [0.2, 0.25) is 5.01 Å². The summed E-state index contributed by atoms with van der Waals surface area (Å²) in [5, 5.41) is 11.8. The zero-order valence-electron chi connectivity index (χ0n) is 14.1. The first-order chi connectivity index (χ1) is 12.1. The zero-order chi connectivity index (χ0) is 17.6. The van der Waals surface area contributed by atoms with Crippen LogP contribution in [0.4, 0.5) is 10.1 Å². The van der Waals surface area contributed by atoms with Crippen molar-refractivity contribution < 1.29 is 13.9 Å². The molecule has 2 heterocycles. The van der Waals surface area contributed by atoms with Gasteiger partial charge in [-0.2, -0.15) is 0 Å². The predicted octanol–water partition coefficient (Wildman–Crippen LogP) is 2.93. The van der Waals surface area contributed by atoms with E-state index in [4.69, 9.17) is 4.74 Å². The van der Waals surface area contributed by atoms with Crippen molar-refractivity contribution in [1.29, 1.82) is 0 Å². The molecule has 0 bridgehead atoms. The van der Waals surface area contributed by atoms with Gasteiger partial charge in [0.15, 0.2) is 0 Å². The second-order valence-corrected chi connectivity index (χ2v) is 7.21. The van der Waals surface area contributed by atoms with E-state index in [2.05, 4.69) is 20.4 Å². The van der Waals surface area contributed by atoms with E-state index in [9.17, 15) is 9.18 Å². The number of nitrogens with one attached hydrogen (secondary N) is 1. The maximum Gasteiger partial charge on any atom is 0.286 e. The van der Waals surface area contributed by atoms with Crippen molar-refractivity contribution >= 4 is 22.9 Å². The molecule has 1 aliphatic rings. The van der Waals surface area contributed by atoms with Crippen LogP contribution in [-0.2, 0) is 11.3 Å². The summed E-state index contributed by atoms with van der Waals surface area (Å²) in [6, 6.07) is 5.60. The van der Waals surface area contributed by atoms with Gasteiger partial charge in [-0.3, -0.25) is 9.69 Å². The molecule has 0 radical (unpaired) electrons. The van der Waals surface area contributed by atoms with Crippen molar-refractivity contribution in [2.45, 2.75) is 31.9 Å². The highest BCUT2D eigenvalue weighted by molar-refractivity contribution is 7.13. The highest BCUT2D eigenvalue weighted by Crippen LogP contribution is 2.17. The highest BCUT2D eigenvalue weighted by Gasteiger charge is 2.18. The Morgan fingerprint density at radius 3 is 2.88 bits per heavy atom. The summed E-state index contributed by atoms with van der Waals surface area (Å²) < 4.78 is 18.6. The van der Waals surface area contributed by atoms with E-state index in [1.54, 1.807) is 0 Å². The van der Waals surface area contributed by atoms with Gasteiger partial charge in [0.1, 0.15) is 10.8 Å². The van der Waals surface area contributed by atoms with Crippen LogP contribution < -0.4 is 5.32 Å². The number of hydrogen-bond donors (Lipinski definition) is 1. The SMILES string of the molecule is CN(Cc1nnc(C(=O)Nc2ccc(F)cc2)s1)CC1CCCCO1. The number of anilines is 1. The lowest BCUT2D eigenvalue weighted by molar-refractivity contribution is -0.00262. The van der Waals surface area contributed by atoms with Crippen LogP contribution >= 0.6 is 11.3 Å². The lowest BCUT2D eigenvalue weighted by Crippen LogP contribution is -2.33. The number of benzene rings is 1. The number of nitrogens with zero attached hydrogens (tertiary/aromatic N) is 3. The van der Waals surface area contributed by atoms with E-state index in [0.29, 0.717) is 17.2 Å². The van der Waals surface area contributed by atoms with Crippen LogP contribution in [0, 0.1) is 5.82 Å². The number of halogens is 1. The predicted molar refractivity (Wildman–Crippen MR) is 94.2 cm³/mol. The third-order valence-corrected chi connectivity index (χ3v) is 4.86. The molecule has 1 unspecified atom stereocenters. The second kappa shape index (κ2) is 8.46. The van der Waals surface area contributed by atoms with E-state index < -0.39 is 0 Å². The molecule has 8 heteroatoms. The summed E-state index contributed by atoms with van der Waals surface area (Å²) in [7, 11) is 2.01. The van der Waals surface area contributed by atoms with Gasteiger partial charge in [0.05, 0.1) is 12.6 Å². The second-order valence-electron chi connectivity index (χ2n) is 6.15. The first kappa shape index (κ1) is 17.9. The molecular weight excluding hydrogens is 343 g/mol. The highest BCUT2D eigenvalue weighted by atomic mass is 32.1. The molecule has 1 aromatic carbocycles. The number of likely N-dealkylation sites (N-methyl/N-ethyl adjacent to an activating group) is 1. The largest absolute Gasteiger partial charge is 0.377 e. The Hall–Kier alpha value is -1.90. The van der Waals surface area contributed by atoms with E-state index >= 15 is 0 Å². The lowest BCUT2D eigenvalue weighted by Gasteiger charge is -2.26. The normalized spacial score (nSPS) is 17.6. The molecule has 0 spiro atoms. The molecule has 0 saturated carbocycles. The monoisotopic (exact) mass is 364 g/mol. The Labute approximate surface area is 150 Å². The minimum absolute atomic E-state index is 0.271. The van der Waals surface area contributed by atoms with Gasteiger partial charge in [0, 0.05) is 18.8 Å². The van der Waals surface area contributed by atoms with Gasteiger partial charge in [-0.1, -0.05) is 11.3 Å². The van der Waals surface area contributed by atoms with Crippen molar-refractivity contribution in [2.24, 2.45) is 0 Å². The van der Waals surface area contributed by atoms with Gasteiger partial charge in [-0.15, -0.1) is 10.2 Å². The van der Waals surface area contributed by atoms with Crippen molar-refractivity contribution in [3.8, 4) is 0 Å². The maximum absolute atomic E-state index is 12.9. The quantitative estimate of drug-likeness (QED) is 0.854. The summed E-state index contributed by atoms with van der Waals surface area (Å²) >= 11 is 1.26. The van der Waals surface area contributed by atoms with E-state index in [1.807, 2.05) is 7.05 Å². The molecule has 1 aromatic heterocycles. The van der Waals surface area contributed by atoms with E-state index in [-0.39, 0.29) is 17.8 Å². The fraction of sp³-hybridized carbons (Fsp3) is 0.471. The van der Waals surface area contributed by atoms with Crippen LogP contribution in [0.1, 0.15) is 34.1 Å². The fourth-order valence-corrected chi connectivity index (χ4v) is 3.54. The molecule has 2 aromatic rings. The van der Waals surface area contributed by atoms with Crippen LogP contribution in [0.3, 0.4) is 0 Å². The van der Waals surface area contributed by atoms with Crippen molar-refractivity contribution in [3.05, 3.63) is 40.1 Å². The number of hydrogen-bond acceptors (Lipinski definition) is 6. The molecule has 1 amide bonds. The van der Waals surface area contributed by atoms with Crippen molar-refractivity contribution in [1.82, 2.24) is 15.1 Å². The van der Waals surface area contributed by atoms with Gasteiger partial charge < -0.3 is 10.1 Å². The molecular formula is C17H21FN4O2S. The minimum Gasteiger partial charge on any atom is -0.377 e. The average molecular weight is 364 g/mol. The van der Waals surface area contributed by atoms with Crippen LogP contribution in [0.5, 0.6) is 0 Å². The number of rotatable bonds is 6. The average Bonchev–Trinajstić information content (AvgIpc) is 3.06. The third kappa shape index (κ3) is 5.29. The number of carbonyl (C=O) groups is 1. The first-order valence-electron chi connectivity index (χ1n) is 8.29. The lowest BCUT2D eigenvalue weighted by atomic mass is 10.1. The Kier molecular flexibility index (Phi) is 6.06. The molecule has 1 N–H and O–H groups in total. The standard InChI is InChI=1S/C17H21FN4O2S/c1-22(10-14-4-2-3-9-24-14)11-15-20-21-17(25-15)16(23)19-13-7-5-12(18)6-8-13/h5-8,14H,2-4,9-11H2,1H3,(H,19,23). The summed E-state index contributed by atoms with van der Waals surface area (Å²) in [6.45, 7) is 2.31. The van der Waals surface area contributed by atoms with Gasteiger partial charge in [0.25, 0.3) is 5.91 Å². The molecule has 134 valence electrons. The number of aromatic nitrogens is 2. The van der Waals surface area contributed by atoms with Gasteiger partial charge in [-0.05, 0) is 50.6 Å². The zero-order valence-corrected chi connectivity index (χ0v) is 14.9. The first-order valence-corrected chi connectivity index (χ1v) is 9.11. The molecule has 1 fully saturated rings. The van der Waals surface area contributed by atoms with Crippen molar-refractivity contribution in [2.75, 3.05) is 25.5 Å². The molecule has 1 saturated heterocycles. The van der Waals surface area contributed by atoms with Gasteiger partial charge >= 0.3 is 0 Å². The van der Waals surface area contributed by atoms with Crippen molar-refractivity contribution in [3.63, 3.8) is 0 Å². The fourth-order valence-electron chi connectivity index (χ4n) is 2.72. The summed E-state index contributed by atoms with van der Waals surface area (Å²) in [4.78, 5) is 14.3. The molecule has 6 nitrogen and oxygen atoms in total. The molecule has 3 rings (SSSR count). The van der Waals surface area contributed by atoms with Crippen LogP contribution in [0.25, 0.3) is 0 Å². The minimum atomic E-state index is -0.346. The third-order valence-electron chi connectivity index (χ3n) is 3.96. The van der Waals surface area contributed by atoms with Crippen LogP contribution in [-0.4, -0.2) is 47.3 Å². The summed E-state index contributed by atoms with van der Waals surface area (Å²) in [5.41, 5.74) is 0.523. The number of ether oxygens (including phenoxy) is 1. The Morgan fingerprint density at radius 1 is 1.36 bits per heavy atom. The van der Waals surface area contributed by atoms with E-state index in [0.717, 1.165) is 31.0 Å². The van der Waals surface area contributed by atoms with E-state index in [1.165, 1.54) is 42.0 Å². The smallest absolute Gasteiger partial charge is 0.286 e. The topological polar surface area (TPSA) is 67.4 Å².